The van der Waals surface area contributed by atoms with Crippen LogP contribution < -0.4 is 9.04 Å². The van der Waals surface area contributed by atoms with Gasteiger partial charge in [0, 0.05) is 0 Å². The largest absolute Gasteiger partial charge is 0.489 e. The molecule has 0 aromatic heterocycles. The van der Waals surface area contributed by atoms with Crippen LogP contribution in [0, 0.1) is 11.6 Å². The molecular weight excluding hydrogens is 441 g/mol. The number of hydrogen-bond donors (Lipinski definition) is 0. The fourth-order valence-corrected chi connectivity index (χ4v) is 4.76. The summed E-state index contributed by atoms with van der Waals surface area (Å²) in [4.78, 5) is -0.520. The van der Waals surface area contributed by atoms with Gasteiger partial charge in [0.05, 0.1) is 22.7 Å². The number of ether oxygens (including phenoxy) is 1. The van der Waals surface area contributed by atoms with E-state index in [9.17, 15) is 30.4 Å². The third kappa shape index (κ3) is 3.95. The molecule has 0 spiro atoms. The molecule has 0 saturated carbocycles. The fraction of sp³-hybridized carbons (Fsp3) is 0.143. The predicted molar refractivity (Wildman–Crippen MR) is 103 cm³/mol. The molecular formula is C21H14F5NO3S. The van der Waals surface area contributed by atoms with Crippen LogP contribution in [0.25, 0.3) is 11.1 Å². The highest BCUT2D eigenvalue weighted by atomic mass is 32.2. The summed E-state index contributed by atoms with van der Waals surface area (Å²) in [7, 11) is -4.35. The topological polar surface area (TPSA) is 46.6 Å². The van der Waals surface area contributed by atoms with Crippen molar-refractivity contribution in [1.29, 1.82) is 0 Å². The lowest BCUT2D eigenvalue weighted by Crippen LogP contribution is -2.38. The maximum Gasteiger partial charge on any atom is 0.416 e. The number of fused-ring (bicyclic) bond motifs is 1. The smallest absolute Gasteiger partial charge is 0.416 e. The van der Waals surface area contributed by atoms with Crippen LogP contribution in [-0.4, -0.2) is 21.6 Å². The van der Waals surface area contributed by atoms with Crippen LogP contribution in [0.4, 0.5) is 27.6 Å². The predicted octanol–water partition coefficient (Wildman–Crippen LogP) is 5.24. The molecule has 0 atom stereocenters. The van der Waals surface area contributed by atoms with Crippen molar-refractivity contribution in [3.8, 4) is 16.9 Å². The average molecular weight is 455 g/mol. The van der Waals surface area contributed by atoms with Crippen LogP contribution in [-0.2, 0) is 16.2 Å². The molecule has 0 aliphatic carbocycles. The Labute approximate surface area is 174 Å². The van der Waals surface area contributed by atoms with Gasteiger partial charge in [0.25, 0.3) is 10.0 Å². The summed E-state index contributed by atoms with van der Waals surface area (Å²) in [5, 5.41) is 0. The molecule has 0 fully saturated rings. The number of rotatable bonds is 3. The summed E-state index contributed by atoms with van der Waals surface area (Å²) in [5.74, 6) is -1.90. The van der Waals surface area contributed by atoms with Gasteiger partial charge in [-0.3, -0.25) is 4.31 Å². The van der Waals surface area contributed by atoms with Gasteiger partial charge < -0.3 is 4.74 Å². The van der Waals surface area contributed by atoms with E-state index < -0.39 is 38.3 Å². The fourth-order valence-electron chi connectivity index (χ4n) is 3.26. The molecule has 0 unspecified atom stereocenters. The first-order valence-corrected chi connectivity index (χ1v) is 10.4. The van der Waals surface area contributed by atoms with Gasteiger partial charge in [-0.2, -0.15) is 13.2 Å². The highest BCUT2D eigenvalue weighted by Gasteiger charge is 2.34. The Hall–Kier alpha value is -3.14. The number of sulfonamides is 1. The van der Waals surface area contributed by atoms with Crippen LogP contribution in [0.2, 0.25) is 0 Å². The van der Waals surface area contributed by atoms with Crippen molar-refractivity contribution in [1.82, 2.24) is 0 Å². The number of hydrogen-bond acceptors (Lipinski definition) is 3. The van der Waals surface area contributed by atoms with E-state index in [2.05, 4.69) is 0 Å². The molecule has 162 valence electrons. The van der Waals surface area contributed by atoms with Gasteiger partial charge in [-0.05, 0) is 53.6 Å². The molecule has 10 heteroatoms. The number of nitrogens with zero attached hydrogens (tertiary/aromatic N) is 1. The molecule has 1 heterocycles. The number of benzene rings is 3. The first-order chi connectivity index (χ1) is 14.6. The molecule has 0 N–H and O–H groups in total. The second-order valence-corrected chi connectivity index (χ2v) is 8.62. The van der Waals surface area contributed by atoms with Gasteiger partial charge in [0.2, 0.25) is 0 Å². The summed E-state index contributed by atoms with van der Waals surface area (Å²) in [6.45, 7) is -0.136. The monoisotopic (exact) mass is 455 g/mol. The second-order valence-electron chi connectivity index (χ2n) is 6.76. The average Bonchev–Trinajstić information content (AvgIpc) is 2.74. The quantitative estimate of drug-likeness (QED) is 0.508. The van der Waals surface area contributed by atoms with E-state index in [1.165, 1.54) is 18.2 Å². The van der Waals surface area contributed by atoms with E-state index in [1.807, 2.05) is 0 Å². The van der Waals surface area contributed by atoms with E-state index >= 15 is 0 Å². The van der Waals surface area contributed by atoms with Crippen molar-refractivity contribution >= 4 is 15.7 Å². The summed E-state index contributed by atoms with van der Waals surface area (Å²) in [5.41, 5.74) is -0.320. The third-order valence-corrected chi connectivity index (χ3v) is 6.59. The SMILES string of the molecule is O=S(=O)(c1cccc(C(F)(F)F)c1)N1CCOc2ccc(-c3ccc(F)c(F)c3)cc21. The number of anilines is 1. The van der Waals surface area contributed by atoms with Gasteiger partial charge >= 0.3 is 6.18 Å². The summed E-state index contributed by atoms with van der Waals surface area (Å²) in [6, 6.07) is 11.1. The molecule has 0 radical (unpaired) electrons. The van der Waals surface area contributed by atoms with Crippen molar-refractivity contribution in [3.63, 3.8) is 0 Å². The molecule has 0 amide bonds. The van der Waals surface area contributed by atoms with E-state index in [0.717, 1.165) is 34.6 Å². The lowest BCUT2D eigenvalue weighted by atomic mass is 10.0. The molecule has 4 nitrogen and oxygen atoms in total. The van der Waals surface area contributed by atoms with Crippen LogP contribution in [0.15, 0.2) is 65.6 Å². The summed E-state index contributed by atoms with van der Waals surface area (Å²) >= 11 is 0. The standard InChI is InChI=1S/C21H14F5NO3S/c22-17-6-4-13(10-18(17)23)14-5-7-20-19(11-14)27(8-9-30-20)31(28,29)16-3-1-2-15(12-16)21(24,25)26/h1-7,10-12H,8-9H2. The zero-order valence-electron chi connectivity index (χ0n) is 15.7. The van der Waals surface area contributed by atoms with E-state index in [1.54, 1.807) is 6.07 Å². The Morgan fingerprint density at radius 1 is 0.871 bits per heavy atom. The number of alkyl halides is 3. The number of halogens is 5. The van der Waals surface area contributed by atoms with Gasteiger partial charge in [-0.1, -0.05) is 18.2 Å². The molecule has 31 heavy (non-hydrogen) atoms. The summed E-state index contributed by atoms with van der Waals surface area (Å²) in [6.07, 6.45) is -4.70. The molecule has 4 rings (SSSR count). The molecule has 0 saturated heterocycles. The van der Waals surface area contributed by atoms with E-state index in [-0.39, 0.29) is 24.6 Å². The van der Waals surface area contributed by atoms with Crippen LogP contribution in [0.5, 0.6) is 5.75 Å². The zero-order chi connectivity index (χ0) is 22.4. The molecule has 1 aliphatic rings. The third-order valence-electron chi connectivity index (χ3n) is 4.78. The highest BCUT2D eigenvalue weighted by Crippen LogP contribution is 2.39. The first-order valence-electron chi connectivity index (χ1n) is 9.00. The van der Waals surface area contributed by atoms with Gasteiger partial charge in [-0.15, -0.1) is 0 Å². The minimum Gasteiger partial charge on any atom is -0.489 e. The summed E-state index contributed by atoms with van der Waals surface area (Å²) < 4.78 is 98.8. The van der Waals surface area contributed by atoms with Crippen molar-refractivity contribution in [2.45, 2.75) is 11.1 Å². The van der Waals surface area contributed by atoms with Crippen LogP contribution in [0.3, 0.4) is 0 Å². The lowest BCUT2D eigenvalue weighted by molar-refractivity contribution is -0.137. The molecule has 3 aromatic carbocycles. The van der Waals surface area contributed by atoms with Crippen LogP contribution >= 0.6 is 0 Å². The lowest BCUT2D eigenvalue weighted by Gasteiger charge is -2.31. The van der Waals surface area contributed by atoms with Crippen molar-refractivity contribution in [2.75, 3.05) is 17.5 Å². The van der Waals surface area contributed by atoms with E-state index in [4.69, 9.17) is 4.74 Å². The molecule has 3 aromatic rings. The Morgan fingerprint density at radius 2 is 1.58 bits per heavy atom. The zero-order valence-corrected chi connectivity index (χ0v) is 16.5. The van der Waals surface area contributed by atoms with Crippen molar-refractivity contribution in [2.24, 2.45) is 0 Å². The van der Waals surface area contributed by atoms with Gasteiger partial charge in [0.15, 0.2) is 11.6 Å². The second kappa shape index (κ2) is 7.52. The van der Waals surface area contributed by atoms with Gasteiger partial charge in [0.1, 0.15) is 12.4 Å². The minimum atomic E-state index is -4.70. The molecule has 0 bridgehead atoms. The van der Waals surface area contributed by atoms with E-state index in [0.29, 0.717) is 17.2 Å². The first kappa shape index (κ1) is 21.1. The Kier molecular flexibility index (Phi) is 5.12. The maximum absolute atomic E-state index is 13.6. The normalized spacial score (nSPS) is 14.2. The Bertz CT molecular complexity index is 1260. The molecule has 1 aliphatic heterocycles. The Balaban J connectivity index is 1.79. The van der Waals surface area contributed by atoms with Crippen molar-refractivity contribution < 1.29 is 35.1 Å². The Morgan fingerprint density at radius 3 is 2.29 bits per heavy atom. The van der Waals surface area contributed by atoms with Gasteiger partial charge in [-0.25, -0.2) is 17.2 Å². The van der Waals surface area contributed by atoms with Crippen molar-refractivity contribution in [3.05, 3.63) is 77.9 Å². The highest BCUT2D eigenvalue weighted by molar-refractivity contribution is 7.92. The minimum absolute atomic E-state index is 0.00425. The van der Waals surface area contributed by atoms with Crippen LogP contribution in [0.1, 0.15) is 5.56 Å². The maximum atomic E-state index is 13.6.